The van der Waals surface area contributed by atoms with Crippen molar-refractivity contribution >= 4 is 36.0 Å². The number of ketones is 2. The maximum Gasteiger partial charge on any atom is 0.308 e. The molecule has 1 heterocycles. The number of benzene rings is 4. The highest BCUT2D eigenvalue weighted by atomic mass is 16.7. The van der Waals surface area contributed by atoms with Crippen molar-refractivity contribution in [3.8, 4) is 29.1 Å². The van der Waals surface area contributed by atoms with Crippen LogP contribution < -0.4 is 15.2 Å². The summed E-state index contributed by atoms with van der Waals surface area (Å²) >= 11 is 0. The van der Waals surface area contributed by atoms with E-state index in [1.165, 1.54) is 19.1 Å². The molecule has 0 amide bonds. The van der Waals surface area contributed by atoms with Crippen LogP contribution in [0.15, 0.2) is 42.5 Å². The van der Waals surface area contributed by atoms with Crippen molar-refractivity contribution in [2.24, 2.45) is 17.6 Å². The van der Waals surface area contributed by atoms with E-state index in [2.05, 4.69) is 18.8 Å². The average Bonchev–Trinajstić information content (AvgIpc) is 3.70. The van der Waals surface area contributed by atoms with Gasteiger partial charge in [0.2, 0.25) is 12.1 Å². The number of rotatable bonds is 8. The molecule has 10 N–H and O–H groups in total. The number of carbonyl (C=O) groups excluding carboxylic acids is 4. The van der Waals surface area contributed by atoms with E-state index < -0.39 is 108 Å². The molecule has 1 aliphatic heterocycles. The second-order valence-electron chi connectivity index (χ2n) is 20.0. The van der Waals surface area contributed by atoms with E-state index in [1.807, 2.05) is 12.1 Å². The number of esters is 1. The van der Waals surface area contributed by atoms with E-state index in [0.29, 0.717) is 36.7 Å². The molecule has 72 heavy (non-hydrogen) atoms. The van der Waals surface area contributed by atoms with Crippen LogP contribution in [0.1, 0.15) is 152 Å². The quantitative estimate of drug-likeness (QED) is 0.0351. The summed E-state index contributed by atoms with van der Waals surface area (Å²) in [5, 5.41) is 91.4. The Balaban J connectivity index is 1.34. The monoisotopic (exact) mass is 985 g/mol. The van der Waals surface area contributed by atoms with E-state index in [1.54, 1.807) is 30.3 Å². The van der Waals surface area contributed by atoms with Crippen LogP contribution >= 0.6 is 0 Å². The van der Waals surface area contributed by atoms with Crippen molar-refractivity contribution in [2.45, 2.75) is 140 Å². The zero-order chi connectivity index (χ0) is 51.6. The summed E-state index contributed by atoms with van der Waals surface area (Å²) in [6.07, 6.45) is -1.73. The number of aromatic hydroxyl groups is 1. The lowest BCUT2D eigenvalue weighted by Gasteiger charge is -2.44. The maximum absolute atomic E-state index is 15.8. The second-order valence-corrected chi connectivity index (χ2v) is 20.0. The standard InChI is InChI=1S/C56H59NO15/c1-4-29-20-35-15-14-32-12-13-33(41(26-59)47(32)55(35,67)24-29)22-40-48(62)46-45-39(51(40)72-54-53(66)56(68,69)52(65)27(2)70-54)10-6-9-36(57)16-17-37(61)21-31-8-5-7-30(19-31)11-18-38-42(71-28(3)60)23-34(25-58)43(49(46)63)44(38)50(45)64/h5,7-8,11-13,18-19,23,26-27,29,35-37,52-54,58,61-62,65-69H,4,10,14-17,20-22,24-25,57H2,1-3H3. The smallest absolute Gasteiger partial charge is 0.308 e. The van der Waals surface area contributed by atoms with Crippen LogP contribution in [0, 0.1) is 23.7 Å². The first-order chi connectivity index (χ1) is 34.3. The van der Waals surface area contributed by atoms with Gasteiger partial charge in [-0.3, -0.25) is 19.2 Å². The van der Waals surface area contributed by atoms with Gasteiger partial charge < -0.3 is 60.8 Å². The predicted octanol–water partition coefficient (Wildman–Crippen LogP) is 3.83. The molecule has 0 aromatic heterocycles. The Labute approximate surface area is 415 Å². The lowest BCUT2D eigenvalue weighted by Crippen LogP contribution is -2.67. The number of nitrogens with two attached hydrogens (primary N) is 1. The molecule has 1 saturated heterocycles. The van der Waals surface area contributed by atoms with Gasteiger partial charge in [0.15, 0.2) is 24.0 Å². The molecule has 4 aromatic rings. The maximum atomic E-state index is 15.8. The summed E-state index contributed by atoms with van der Waals surface area (Å²) in [6.45, 7) is 3.66. The number of fused-ring (bicyclic) bond motifs is 5. The van der Waals surface area contributed by atoms with Crippen LogP contribution in [0.4, 0.5) is 0 Å². The molecule has 4 bridgehead atoms. The zero-order valence-electron chi connectivity index (χ0n) is 40.2. The normalized spacial score (nSPS) is 27.4. The minimum Gasteiger partial charge on any atom is -0.507 e. The molecular weight excluding hydrogens is 927 g/mol. The Morgan fingerprint density at radius 3 is 2.44 bits per heavy atom. The fourth-order valence-electron chi connectivity index (χ4n) is 11.7. The summed E-state index contributed by atoms with van der Waals surface area (Å²) in [5.41, 5.74) is 6.03. The molecule has 0 spiro atoms. The second kappa shape index (κ2) is 19.7. The van der Waals surface area contributed by atoms with Crippen LogP contribution in [0.2, 0.25) is 0 Å². The van der Waals surface area contributed by atoms with Crippen molar-refractivity contribution in [1.29, 1.82) is 0 Å². The van der Waals surface area contributed by atoms with Gasteiger partial charge in [0.25, 0.3) is 0 Å². The Bertz CT molecular complexity index is 2980. The van der Waals surface area contributed by atoms with Crippen LogP contribution in [0.3, 0.4) is 0 Å². The van der Waals surface area contributed by atoms with E-state index >= 15 is 9.59 Å². The van der Waals surface area contributed by atoms with Crippen molar-refractivity contribution in [3.63, 3.8) is 0 Å². The highest BCUT2D eigenvalue weighted by Gasteiger charge is 2.55. The zero-order valence-corrected chi connectivity index (χ0v) is 40.2. The van der Waals surface area contributed by atoms with Crippen molar-refractivity contribution in [2.75, 3.05) is 0 Å². The molecule has 16 nitrogen and oxygen atoms in total. The van der Waals surface area contributed by atoms with Gasteiger partial charge in [0, 0.05) is 58.7 Å². The van der Waals surface area contributed by atoms with Gasteiger partial charge in [-0.25, -0.2) is 0 Å². The average molecular weight is 986 g/mol. The molecule has 2 fully saturated rings. The first-order valence-electron chi connectivity index (χ1n) is 24.4. The van der Waals surface area contributed by atoms with Crippen LogP contribution in [-0.4, -0.2) is 107 Å². The van der Waals surface area contributed by atoms with Gasteiger partial charge in [0.05, 0.1) is 36.0 Å². The SMILES string of the molecule is CCC1CC2CCc3ccc(Cc4c(O)c5c6c(c4OC4OC(C)C(O)C(O)(O)C4O)CC#CC(N)CCC(O)Cc4cccc(c4)C=Cc4c(OC(C)=O)cc(CO)c(c4C6=O)C5=O)c(C=O)c3C2(O)C1. The molecule has 9 rings (SSSR count). The minimum atomic E-state index is -3.22. The highest BCUT2D eigenvalue weighted by Crippen LogP contribution is 2.55. The topological polar surface area (TPSA) is 284 Å². The number of aryl methyl sites for hydroxylation is 1. The van der Waals surface area contributed by atoms with Crippen molar-refractivity contribution < 1.29 is 74.2 Å². The first kappa shape index (κ1) is 50.8. The molecule has 4 aliphatic carbocycles. The molecule has 5 aliphatic rings. The molecule has 378 valence electrons. The molecule has 1 saturated carbocycles. The van der Waals surface area contributed by atoms with E-state index in [-0.39, 0.29) is 81.4 Å². The third kappa shape index (κ3) is 8.86. The summed E-state index contributed by atoms with van der Waals surface area (Å²) in [6, 6.07) is 11.1. The number of aldehydes is 1. The number of phenolic OH excluding ortho intramolecular Hbond substituents is 1. The number of ether oxygens (including phenoxy) is 3. The van der Waals surface area contributed by atoms with Crippen LogP contribution in [0.25, 0.3) is 12.2 Å². The third-order valence-corrected chi connectivity index (χ3v) is 15.3. The van der Waals surface area contributed by atoms with E-state index in [4.69, 9.17) is 19.9 Å². The number of aliphatic hydroxyl groups is 7. The van der Waals surface area contributed by atoms with E-state index in [0.717, 1.165) is 30.9 Å². The molecule has 4 aromatic carbocycles. The molecule has 9 unspecified atom stereocenters. The van der Waals surface area contributed by atoms with Crippen LogP contribution in [-0.2, 0) is 47.4 Å². The predicted molar refractivity (Wildman–Crippen MR) is 260 cm³/mol. The fraction of sp³-hybridized carbons (Fsp3) is 0.429. The number of carbonyl (C=O) groups is 4. The van der Waals surface area contributed by atoms with Crippen molar-refractivity contribution in [1.82, 2.24) is 0 Å². The van der Waals surface area contributed by atoms with Crippen molar-refractivity contribution in [3.05, 3.63) is 120 Å². The highest BCUT2D eigenvalue weighted by molar-refractivity contribution is 6.32. The Kier molecular flexibility index (Phi) is 13.9. The molecule has 0 radical (unpaired) electrons. The lowest BCUT2D eigenvalue weighted by atomic mass is 9.70. The largest absolute Gasteiger partial charge is 0.507 e. The van der Waals surface area contributed by atoms with Gasteiger partial charge in [-0.05, 0) is 109 Å². The van der Waals surface area contributed by atoms with Gasteiger partial charge in [-0.15, -0.1) is 0 Å². The summed E-state index contributed by atoms with van der Waals surface area (Å²) in [5.74, 6) is -1.26. The van der Waals surface area contributed by atoms with Gasteiger partial charge >= 0.3 is 5.97 Å². The summed E-state index contributed by atoms with van der Waals surface area (Å²) < 4.78 is 17.9. The Morgan fingerprint density at radius 2 is 1.72 bits per heavy atom. The third-order valence-electron chi connectivity index (χ3n) is 15.3. The van der Waals surface area contributed by atoms with Gasteiger partial charge in [0.1, 0.15) is 23.4 Å². The molecule has 16 heteroatoms. The fourth-order valence-corrected chi connectivity index (χ4v) is 11.7. The Hall–Kier alpha value is -6.10. The first-order valence-corrected chi connectivity index (χ1v) is 24.4. The minimum absolute atomic E-state index is 0.0459. The molecule has 9 atom stereocenters. The molecular formula is C56H59NO15. The number of aliphatic hydroxyl groups excluding tert-OH is 4. The lowest BCUT2D eigenvalue weighted by molar-refractivity contribution is -0.371. The van der Waals surface area contributed by atoms with Crippen LogP contribution in [0.5, 0.6) is 17.2 Å². The number of hydrogen-bond donors (Lipinski definition) is 9. The van der Waals surface area contributed by atoms with Gasteiger partial charge in [-0.1, -0.05) is 67.7 Å². The van der Waals surface area contributed by atoms with Gasteiger partial charge in [-0.2, -0.15) is 0 Å². The summed E-state index contributed by atoms with van der Waals surface area (Å²) in [4.78, 5) is 57.3. The number of phenols is 1. The number of hydrogen-bond acceptors (Lipinski definition) is 16. The summed E-state index contributed by atoms with van der Waals surface area (Å²) in [7, 11) is 0. The van der Waals surface area contributed by atoms with E-state index in [9.17, 15) is 50.4 Å². The Morgan fingerprint density at radius 1 is 0.958 bits per heavy atom.